The van der Waals surface area contributed by atoms with Crippen LogP contribution in [0.5, 0.6) is 0 Å². The van der Waals surface area contributed by atoms with Gasteiger partial charge in [0.15, 0.2) is 0 Å². The van der Waals surface area contributed by atoms with Crippen LogP contribution in [0, 0.1) is 0 Å². The van der Waals surface area contributed by atoms with Crippen molar-refractivity contribution < 1.29 is 14.8 Å². The molecular formula is C16H20N2O3. The van der Waals surface area contributed by atoms with Crippen LogP contribution >= 0.6 is 0 Å². The number of nitrogens with one attached hydrogen (secondary N) is 2. The van der Waals surface area contributed by atoms with Gasteiger partial charge in [0.05, 0.1) is 0 Å². The number of amides is 2. The number of rotatable bonds is 5. The molecule has 0 saturated heterocycles. The smallest absolute Gasteiger partial charge is 0.247 e. The van der Waals surface area contributed by atoms with Gasteiger partial charge in [-0.25, -0.2) is 5.48 Å². The van der Waals surface area contributed by atoms with Gasteiger partial charge in [0.2, 0.25) is 11.8 Å². The fraction of sp³-hybridized carbons (Fsp3) is 0.375. The number of hydrogen-bond donors (Lipinski definition) is 3. The van der Waals surface area contributed by atoms with Gasteiger partial charge in [0, 0.05) is 24.5 Å². The van der Waals surface area contributed by atoms with E-state index in [0.29, 0.717) is 18.5 Å². The van der Waals surface area contributed by atoms with Crippen molar-refractivity contribution in [2.75, 3.05) is 6.54 Å². The van der Waals surface area contributed by atoms with E-state index in [1.54, 1.807) is 5.48 Å². The molecule has 5 heteroatoms. The average Bonchev–Trinajstić information content (AvgIpc) is 2.53. The third kappa shape index (κ3) is 3.70. The Morgan fingerprint density at radius 1 is 1.38 bits per heavy atom. The summed E-state index contributed by atoms with van der Waals surface area (Å²) in [5.74, 6) is -0.443. The minimum absolute atomic E-state index is 0.101. The topological polar surface area (TPSA) is 78.4 Å². The van der Waals surface area contributed by atoms with Crippen LogP contribution in [0.15, 0.2) is 41.5 Å². The number of carbonyl (C=O) groups excluding carboxylic acids is 2. The fourth-order valence-corrected chi connectivity index (χ4v) is 2.70. The van der Waals surface area contributed by atoms with E-state index in [9.17, 15) is 9.59 Å². The molecule has 2 amide bonds. The molecule has 1 aliphatic rings. The normalized spacial score (nSPS) is 16.4. The lowest BCUT2D eigenvalue weighted by Crippen LogP contribution is -2.33. The fourth-order valence-electron chi connectivity index (χ4n) is 2.70. The van der Waals surface area contributed by atoms with E-state index in [-0.39, 0.29) is 18.2 Å². The van der Waals surface area contributed by atoms with Crippen LogP contribution in [0.4, 0.5) is 0 Å². The van der Waals surface area contributed by atoms with Crippen LogP contribution in [0.2, 0.25) is 0 Å². The molecule has 1 heterocycles. The van der Waals surface area contributed by atoms with Crippen LogP contribution in [0.25, 0.3) is 0 Å². The minimum Gasteiger partial charge on any atom is -0.352 e. The van der Waals surface area contributed by atoms with Crippen molar-refractivity contribution in [1.82, 2.24) is 10.8 Å². The van der Waals surface area contributed by atoms with Gasteiger partial charge in [0.25, 0.3) is 0 Å². The molecule has 3 N–H and O–H groups in total. The number of carbonyl (C=O) groups is 2. The van der Waals surface area contributed by atoms with E-state index < -0.39 is 5.91 Å². The first-order valence-corrected chi connectivity index (χ1v) is 7.11. The molecule has 112 valence electrons. The highest BCUT2D eigenvalue weighted by Crippen LogP contribution is 2.32. The Balaban J connectivity index is 2.25. The standard InChI is InChI=1S/C16H20N2O3/c1-11(12-5-3-2-4-6-12)13-9-10-17-16(20)14(13)7-8-15(19)18-21/h2-6,11,21H,7-10H2,1H3,(H,17,20)(H,18,19). The van der Waals surface area contributed by atoms with Gasteiger partial charge in [-0.1, -0.05) is 42.8 Å². The molecule has 0 aliphatic carbocycles. The van der Waals surface area contributed by atoms with Crippen molar-refractivity contribution in [3.05, 3.63) is 47.0 Å². The summed E-state index contributed by atoms with van der Waals surface area (Å²) in [5, 5.41) is 11.4. The zero-order chi connectivity index (χ0) is 15.2. The summed E-state index contributed by atoms with van der Waals surface area (Å²) >= 11 is 0. The molecule has 1 aliphatic heterocycles. The molecule has 0 fully saturated rings. The monoisotopic (exact) mass is 288 g/mol. The van der Waals surface area contributed by atoms with E-state index in [1.807, 2.05) is 30.3 Å². The second-order valence-corrected chi connectivity index (χ2v) is 5.18. The molecule has 1 aromatic carbocycles. The molecule has 1 aromatic rings. The SMILES string of the molecule is CC(C1=C(CCC(=O)NO)C(=O)NCC1)c1ccccc1. The Hall–Kier alpha value is -2.14. The van der Waals surface area contributed by atoms with Gasteiger partial charge in [0.1, 0.15) is 0 Å². The first-order valence-electron chi connectivity index (χ1n) is 7.11. The van der Waals surface area contributed by atoms with Crippen molar-refractivity contribution in [3.8, 4) is 0 Å². The maximum absolute atomic E-state index is 12.1. The molecule has 2 rings (SSSR count). The zero-order valence-electron chi connectivity index (χ0n) is 12.1. The van der Waals surface area contributed by atoms with Crippen molar-refractivity contribution in [2.24, 2.45) is 0 Å². The summed E-state index contributed by atoms with van der Waals surface area (Å²) in [5.41, 5.74) is 4.51. The summed E-state index contributed by atoms with van der Waals surface area (Å²) in [6, 6.07) is 10.0. The predicted molar refractivity (Wildman–Crippen MR) is 78.7 cm³/mol. The lowest BCUT2D eigenvalue weighted by molar-refractivity contribution is -0.129. The van der Waals surface area contributed by atoms with Crippen LogP contribution in [-0.4, -0.2) is 23.6 Å². The van der Waals surface area contributed by atoms with E-state index in [1.165, 1.54) is 0 Å². The van der Waals surface area contributed by atoms with E-state index in [0.717, 1.165) is 17.6 Å². The van der Waals surface area contributed by atoms with Gasteiger partial charge in [-0.05, 0) is 18.4 Å². The van der Waals surface area contributed by atoms with Crippen molar-refractivity contribution in [3.63, 3.8) is 0 Å². The van der Waals surface area contributed by atoms with Gasteiger partial charge in [-0.2, -0.15) is 0 Å². The first kappa shape index (κ1) is 15.3. The average molecular weight is 288 g/mol. The van der Waals surface area contributed by atoms with Crippen molar-refractivity contribution in [2.45, 2.75) is 32.1 Å². The molecule has 21 heavy (non-hydrogen) atoms. The predicted octanol–water partition coefficient (Wildman–Crippen LogP) is 1.89. The summed E-state index contributed by atoms with van der Waals surface area (Å²) in [6.45, 7) is 2.70. The van der Waals surface area contributed by atoms with Crippen LogP contribution in [0.1, 0.15) is 37.7 Å². The molecule has 0 spiro atoms. The molecule has 0 saturated carbocycles. The first-order chi connectivity index (χ1) is 10.1. The highest BCUT2D eigenvalue weighted by atomic mass is 16.5. The highest BCUT2D eigenvalue weighted by molar-refractivity contribution is 5.96. The third-order valence-corrected chi connectivity index (χ3v) is 3.89. The van der Waals surface area contributed by atoms with Gasteiger partial charge in [-0.3, -0.25) is 14.8 Å². The highest BCUT2D eigenvalue weighted by Gasteiger charge is 2.24. The maximum Gasteiger partial charge on any atom is 0.247 e. The van der Waals surface area contributed by atoms with Crippen LogP contribution in [0.3, 0.4) is 0 Å². The maximum atomic E-state index is 12.1. The minimum atomic E-state index is -0.479. The lowest BCUT2D eigenvalue weighted by Gasteiger charge is -2.25. The molecule has 0 radical (unpaired) electrons. The molecule has 5 nitrogen and oxygen atoms in total. The van der Waals surface area contributed by atoms with Gasteiger partial charge < -0.3 is 5.32 Å². The Bertz CT molecular complexity index is 552. The van der Waals surface area contributed by atoms with E-state index in [2.05, 4.69) is 12.2 Å². The molecule has 0 aromatic heterocycles. The van der Waals surface area contributed by atoms with Crippen LogP contribution in [-0.2, 0) is 9.59 Å². The van der Waals surface area contributed by atoms with Crippen LogP contribution < -0.4 is 10.8 Å². The Labute approximate surface area is 124 Å². The van der Waals surface area contributed by atoms with Gasteiger partial charge in [-0.15, -0.1) is 0 Å². The second kappa shape index (κ2) is 7.04. The zero-order valence-corrected chi connectivity index (χ0v) is 12.1. The van der Waals surface area contributed by atoms with E-state index >= 15 is 0 Å². The third-order valence-electron chi connectivity index (χ3n) is 3.89. The second-order valence-electron chi connectivity index (χ2n) is 5.18. The largest absolute Gasteiger partial charge is 0.352 e. The van der Waals surface area contributed by atoms with Crippen molar-refractivity contribution >= 4 is 11.8 Å². The summed E-state index contributed by atoms with van der Waals surface area (Å²) in [4.78, 5) is 23.3. The Morgan fingerprint density at radius 2 is 2.10 bits per heavy atom. The summed E-state index contributed by atoms with van der Waals surface area (Å²) < 4.78 is 0. The Kier molecular flexibility index (Phi) is 5.11. The number of hydroxylamine groups is 1. The summed E-state index contributed by atoms with van der Waals surface area (Å²) in [7, 11) is 0. The molecular weight excluding hydrogens is 268 g/mol. The quantitative estimate of drug-likeness (QED) is 0.572. The Morgan fingerprint density at radius 3 is 2.76 bits per heavy atom. The molecule has 0 bridgehead atoms. The van der Waals surface area contributed by atoms with Crippen molar-refractivity contribution in [1.29, 1.82) is 0 Å². The number of hydrogen-bond acceptors (Lipinski definition) is 3. The lowest BCUT2D eigenvalue weighted by atomic mass is 9.84. The number of benzene rings is 1. The van der Waals surface area contributed by atoms with Gasteiger partial charge >= 0.3 is 0 Å². The molecule has 1 unspecified atom stereocenters. The molecule has 1 atom stereocenters. The van der Waals surface area contributed by atoms with E-state index in [4.69, 9.17) is 5.21 Å². The summed E-state index contributed by atoms with van der Waals surface area (Å²) in [6.07, 6.45) is 1.23.